The first kappa shape index (κ1) is 21.3. The van der Waals surface area contributed by atoms with Gasteiger partial charge in [0.25, 0.3) is 5.56 Å². The van der Waals surface area contributed by atoms with Crippen molar-refractivity contribution < 1.29 is 9.21 Å². The van der Waals surface area contributed by atoms with Crippen molar-refractivity contribution in [3.05, 3.63) is 64.4 Å². The van der Waals surface area contributed by atoms with E-state index in [-0.39, 0.29) is 17.5 Å². The van der Waals surface area contributed by atoms with Crippen LogP contribution in [-0.2, 0) is 4.79 Å². The molecule has 0 aliphatic carbocycles. The van der Waals surface area contributed by atoms with Gasteiger partial charge in [-0.25, -0.2) is 4.68 Å². The van der Waals surface area contributed by atoms with Crippen LogP contribution in [0, 0.1) is 13.8 Å². The first-order valence-corrected chi connectivity index (χ1v) is 11.5. The quantitative estimate of drug-likeness (QED) is 0.478. The fourth-order valence-corrected chi connectivity index (χ4v) is 5.02. The summed E-state index contributed by atoms with van der Waals surface area (Å²) >= 11 is 0. The van der Waals surface area contributed by atoms with Crippen molar-refractivity contribution in [2.75, 3.05) is 24.5 Å². The van der Waals surface area contributed by atoms with Gasteiger partial charge in [-0.15, -0.1) is 0 Å². The van der Waals surface area contributed by atoms with E-state index in [0.717, 1.165) is 12.1 Å². The number of benzene rings is 1. The summed E-state index contributed by atoms with van der Waals surface area (Å²) in [4.78, 5) is 31.1. The fourth-order valence-electron chi connectivity index (χ4n) is 5.02. The molecule has 5 rings (SSSR count). The van der Waals surface area contributed by atoms with Gasteiger partial charge in [0.05, 0.1) is 11.8 Å². The number of fused-ring (bicyclic) bond motifs is 3. The van der Waals surface area contributed by atoms with Gasteiger partial charge >= 0.3 is 0 Å². The molecular weight excluding hydrogens is 418 g/mol. The van der Waals surface area contributed by atoms with Crippen LogP contribution in [0.25, 0.3) is 16.6 Å². The number of anilines is 1. The number of nitrogens with zero attached hydrogens (tertiary/aromatic N) is 5. The maximum atomic E-state index is 13.6. The smallest absolute Gasteiger partial charge is 0.291 e. The van der Waals surface area contributed by atoms with Crippen LogP contribution in [0.15, 0.2) is 51.9 Å². The molecular formula is C25H29N5O3. The summed E-state index contributed by atoms with van der Waals surface area (Å²) < 4.78 is 8.63. The Kier molecular flexibility index (Phi) is 5.23. The minimum Gasteiger partial charge on any atom is -0.463 e. The fraction of sp³-hybridized carbons (Fsp3) is 0.400. The lowest BCUT2D eigenvalue weighted by molar-refractivity contribution is -0.136. The largest absolute Gasteiger partial charge is 0.463 e. The molecule has 4 aromatic rings. The Morgan fingerprint density at radius 1 is 1.18 bits per heavy atom. The SMILES string of the molecule is CC[C@@H](C(=O)N1CCN(c2cccc(C)c2)[C@H](C)C1)n1nc(C)n2c(cc3occc32)c1=O. The van der Waals surface area contributed by atoms with Crippen LogP contribution in [0.4, 0.5) is 5.69 Å². The molecule has 1 fully saturated rings. The number of hydrogen-bond donors (Lipinski definition) is 0. The van der Waals surface area contributed by atoms with Crippen molar-refractivity contribution >= 4 is 28.2 Å². The van der Waals surface area contributed by atoms with Gasteiger partial charge in [-0.3, -0.25) is 14.0 Å². The standard InChI is InChI=1S/C25H29N5O3/c1-5-20(30-25(32)22-14-23-21(9-12-33-23)29(22)18(4)26-30)24(31)27-10-11-28(17(3)15-27)19-8-6-7-16(2)13-19/h6-9,12-14,17,20H,5,10-11,15H2,1-4H3/t17-,20+/m1/s1. The molecule has 0 saturated carbocycles. The molecule has 8 nitrogen and oxygen atoms in total. The van der Waals surface area contributed by atoms with E-state index in [1.807, 2.05) is 24.8 Å². The van der Waals surface area contributed by atoms with Crippen LogP contribution < -0.4 is 10.5 Å². The van der Waals surface area contributed by atoms with Crippen molar-refractivity contribution in [2.24, 2.45) is 0 Å². The van der Waals surface area contributed by atoms with Gasteiger partial charge in [0.1, 0.15) is 17.4 Å². The average molecular weight is 448 g/mol. The zero-order valence-electron chi connectivity index (χ0n) is 19.5. The van der Waals surface area contributed by atoms with Crippen LogP contribution in [0.1, 0.15) is 37.7 Å². The number of carbonyl (C=O) groups excluding carboxylic acids is 1. The number of piperazine rings is 1. The highest BCUT2D eigenvalue weighted by Gasteiger charge is 2.32. The summed E-state index contributed by atoms with van der Waals surface area (Å²) in [5, 5.41) is 4.55. The molecule has 4 heterocycles. The Morgan fingerprint density at radius 3 is 2.73 bits per heavy atom. The molecule has 0 unspecified atom stereocenters. The van der Waals surface area contributed by atoms with Gasteiger partial charge in [-0.1, -0.05) is 19.1 Å². The second kappa shape index (κ2) is 8.10. The van der Waals surface area contributed by atoms with E-state index in [4.69, 9.17) is 4.42 Å². The Hall–Kier alpha value is -3.55. The number of aromatic nitrogens is 3. The minimum absolute atomic E-state index is 0.0539. The topological polar surface area (TPSA) is 76.0 Å². The van der Waals surface area contributed by atoms with Crippen molar-refractivity contribution in [3.63, 3.8) is 0 Å². The van der Waals surface area contributed by atoms with E-state index in [0.29, 0.717) is 36.4 Å². The van der Waals surface area contributed by atoms with Crippen LogP contribution in [0.5, 0.6) is 0 Å². The molecule has 0 bridgehead atoms. The molecule has 8 heteroatoms. The molecule has 2 atom stereocenters. The highest BCUT2D eigenvalue weighted by molar-refractivity contribution is 5.83. The summed E-state index contributed by atoms with van der Waals surface area (Å²) in [6.45, 7) is 9.97. The lowest BCUT2D eigenvalue weighted by Crippen LogP contribution is -2.55. The normalized spacial score (nSPS) is 17.8. The van der Waals surface area contributed by atoms with Crippen LogP contribution in [0.2, 0.25) is 0 Å². The lowest BCUT2D eigenvalue weighted by atomic mass is 10.1. The zero-order valence-corrected chi connectivity index (χ0v) is 19.5. The van der Waals surface area contributed by atoms with Crippen molar-refractivity contribution in [3.8, 4) is 0 Å². The molecule has 1 aromatic carbocycles. The average Bonchev–Trinajstić information content (AvgIpc) is 3.39. The number of rotatable bonds is 4. The zero-order chi connectivity index (χ0) is 23.3. The molecule has 33 heavy (non-hydrogen) atoms. The second-order valence-corrected chi connectivity index (χ2v) is 8.92. The van der Waals surface area contributed by atoms with Crippen LogP contribution in [-0.4, -0.2) is 50.7 Å². The third-order valence-electron chi connectivity index (χ3n) is 6.67. The molecule has 0 spiro atoms. The van der Waals surface area contributed by atoms with E-state index in [9.17, 15) is 9.59 Å². The highest BCUT2D eigenvalue weighted by Crippen LogP contribution is 2.25. The molecule has 3 aromatic heterocycles. The van der Waals surface area contributed by atoms with Crippen molar-refractivity contribution in [1.29, 1.82) is 0 Å². The maximum absolute atomic E-state index is 13.6. The summed E-state index contributed by atoms with van der Waals surface area (Å²) in [6, 6.07) is 11.5. The number of hydrogen-bond acceptors (Lipinski definition) is 5. The van der Waals surface area contributed by atoms with Gasteiger partial charge in [0, 0.05) is 43.5 Å². The predicted molar refractivity (Wildman–Crippen MR) is 128 cm³/mol. The summed E-state index contributed by atoms with van der Waals surface area (Å²) in [6.07, 6.45) is 2.09. The van der Waals surface area contributed by atoms with Gasteiger partial charge in [0.15, 0.2) is 5.58 Å². The number of carbonyl (C=O) groups is 1. The first-order valence-electron chi connectivity index (χ1n) is 11.5. The molecule has 1 aliphatic heterocycles. The molecule has 0 radical (unpaired) electrons. The highest BCUT2D eigenvalue weighted by atomic mass is 16.3. The van der Waals surface area contributed by atoms with E-state index in [1.54, 1.807) is 16.7 Å². The second-order valence-electron chi connectivity index (χ2n) is 8.92. The van der Waals surface area contributed by atoms with Gasteiger partial charge < -0.3 is 14.2 Å². The summed E-state index contributed by atoms with van der Waals surface area (Å²) in [7, 11) is 0. The number of furan rings is 1. The molecule has 0 N–H and O–H groups in total. The molecule has 172 valence electrons. The first-order chi connectivity index (χ1) is 15.9. The molecule has 1 saturated heterocycles. The Bertz CT molecular complexity index is 1400. The van der Waals surface area contributed by atoms with Crippen molar-refractivity contribution in [1.82, 2.24) is 19.1 Å². The summed E-state index contributed by atoms with van der Waals surface area (Å²) in [5.41, 5.74) is 4.03. The third-order valence-corrected chi connectivity index (χ3v) is 6.67. The molecule has 1 amide bonds. The predicted octanol–water partition coefficient (Wildman–Crippen LogP) is 3.55. The number of amides is 1. The minimum atomic E-state index is -0.639. The summed E-state index contributed by atoms with van der Waals surface area (Å²) in [5.74, 6) is 0.590. The Morgan fingerprint density at radius 2 is 2.00 bits per heavy atom. The van der Waals surface area contributed by atoms with Crippen LogP contribution in [0.3, 0.4) is 0 Å². The monoisotopic (exact) mass is 447 g/mol. The van der Waals surface area contributed by atoms with Crippen molar-refractivity contribution in [2.45, 2.75) is 46.2 Å². The lowest BCUT2D eigenvalue weighted by Gasteiger charge is -2.42. The van der Waals surface area contributed by atoms with Gasteiger partial charge in [-0.2, -0.15) is 5.10 Å². The maximum Gasteiger partial charge on any atom is 0.291 e. The van der Waals surface area contributed by atoms with E-state index < -0.39 is 6.04 Å². The molecule has 1 aliphatic rings. The Balaban J connectivity index is 1.43. The van der Waals surface area contributed by atoms with Gasteiger partial charge in [-0.05, 0) is 44.9 Å². The van der Waals surface area contributed by atoms with E-state index in [2.05, 4.69) is 48.1 Å². The third kappa shape index (κ3) is 3.50. The van der Waals surface area contributed by atoms with Gasteiger partial charge in [0.2, 0.25) is 5.91 Å². The van der Waals surface area contributed by atoms with E-state index in [1.165, 1.54) is 15.9 Å². The number of aryl methyl sites for hydroxylation is 2. The van der Waals surface area contributed by atoms with E-state index >= 15 is 0 Å². The van der Waals surface area contributed by atoms with Crippen LogP contribution >= 0.6 is 0 Å². The Labute approximate surface area is 192 Å².